The Morgan fingerprint density at radius 3 is 2.70 bits per heavy atom. The molecule has 20 heavy (non-hydrogen) atoms. The number of amides is 1. The number of methoxy groups -OCH3 is 1. The number of halogens is 1. The van der Waals surface area contributed by atoms with E-state index in [4.69, 9.17) is 4.74 Å². The smallest absolute Gasteiger partial charge is 0.234 e. The molecule has 1 atom stereocenters. The number of rotatable bonds is 8. The lowest BCUT2D eigenvalue weighted by Crippen LogP contribution is -2.37. The molecule has 2 N–H and O–H groups in total. The molecule has 1 unspecified atom stereocenters. The fourth-order valence-corrected chi connectivity index (χ4v) is 2.00. The first-order valence-corrected chi connectivity index (χ1v) is 6.94. The number of hydrogen-bond acceptors (Lipinski definition) is 3. The van der Waals surface area contributed by atoms with Crippen LogP contribution in [0.3, 0.4) is 0 Å². The summed E-state index contributed by atoms with van der Waals surface area (Å²) >= 11 is 0. The second kappa shape index (κ2) is 7.36. The van der Waals surface area contributed by atoms with Gasteiger partial charge >= 0.3 is 0 Å². The van der Waals surface area contributed by atoms with Gasteiger partial charge in [-0.1, -0.05) is 12.1 Å². The van der Waals surface area contributed by atoms with Gasteiger partial charge < -0.3 is 15.4 Å². The standard InChI is InChI=1S/C15H21FN2O2/c1-20-14(12-4-6-13(16)7-5-12)9-18-15(19)10-17-8-11-2-3-11/h4-7,11,14,17H,2-3,8-10H2,1H3,(H,18,19). The topological polar surface area (TPSA) is 50.4 Å². The van der Waals surface area contributed by atoms with Crippen LogP contribution in [0.15, 0.2) is 24.3 Å². The van der Waals surface area contributed by atoms with Gasteiger partial charge in [-0.2, -0.15) is 0 Å². The molecule has 0 spiro atoms. The average Bonchev–Trinajstić information content (AvgIpc) is 3.25. The quantitative estimate of drug-likeness (QED) is 0.761. The van der Waals surface area contributed by atoms with E-state index in [1.807, 2.05) is 0 Å². The van der Waals surface area contributed by atoms with Crippen LogP contribution in [0, 0.1) is 11.7 Å². The van der Waals surface area contributed by atoms with Crippen LogP contribution in [0.25, 0.3) is 0 Å². The number of carbonyl (C=O) groups excluding carboxylic acids is 1. The first-order valence-electron chi connectivity index (χ1n) is 6.94. The highest BCUT2D eigenvalue weighted by molar-refractivity contribution is 5.78. The average molecular weight is 280 g/mol. The SMILES string of the molecule is COC(CNC(=O)CNCC1CC1)c1ccc(F)cc1. The van der Waals surface area contributed by atoms with Crippen LogP contribution in [0.5, 0.6) is 0 Å². The Kier molecular flexibility index (Phi) is 5.49. The van der Waals surface area contributed by atoms with Gasteiger partial charge in [-0.25, -0.2) is 4.39 Å². The summed E-state index contributed by atoms with van der Waals surface area (Å²) in [6.45, 7) is 1.63. The number of carbonyl (C=O) groups is 1. The summed E-state index contributed by atoms with van der Waals surface area (Å²) in [5.74, 6) is 0.431. The molecule has 2 rings (SSSR count). The second-order valence-electron chi connectivity index (χ2n) is 5.15. The minimum absolute atomic E-state index is 0.0465. The molecule has 0 heterocycles. The summed E-state index contributed by atoms with van der Waals surface area (Å²) in [4.78, 5) is 11.7. The zero-order valence-electron chi connectivity index (χ0n) is 11.7. The molecule has 0 bridgehead atoms. The van der Waals surface area contributed by atoms with Crippen molar-refractivity contribution in [1.29, 1.82) is 0 Å². The molecule has 1 aliphatic carbocycles. The predicted octanol–water partition coefficient (Wildman–Crippen LogP) is 1.63. The summed E-state index contributed by atoms with van der Waals surface area (Å²) in [6.07, 6.45) is 2.28. The van der Waals surface area contributed by atoms with Crippen LogP contribution in [0.1, 0.15) is 24.5 Å². The Bertz CT molecular complexity index is 432. The number of ether oxygens (including phenoxy) is 1. The van der Waals surface area contributed by atoms with Gasteiger partial charge in [0.2, 0.25) is 5.91 Å². The van der Waals surface area contributed by atoms with Gasteiger partial charge in [0, 0.05) is 13.7 Å². The fourth-order valence-electron chi connectivity index (χ4n) is 2.00. The Morgan fingerprint density at radius 1 is 1.40 bits per heavy atom. The number of nitrogens with one attached hydrogen (secondary N) is 2. The highest BCUT2D eigenvalue weighted by Gasteiger charge is 2.20. The molecule has 5 heteroatoms. The van der Waals surface area contributed by atoms with Crippen LogP contribution in [-0.2, 0) is 9.53 Å². The maximum Gasteiger partial charge on any atom is 0.234 e. The van der Waals surface area contributed by atoms with E-state index in [1.165, 1.54) is 25.0 Å². The molecular weight excluding hydrogens is 259 g/mol. The van der Waals surface area contributed by atoms with Gasteiger partial charge in [-0.3, -0.25) is 4.79 Å². The normalized spacial score (nSPS) is 15.9. The summed E-state index contributed by atoms with van der Waals surface area (Å²) in [6, 6.07) is 6.11. The van der Waals surface area contributed by atoms with Crippen molar-refractivity contribution in [2.45, 2.75) is 18.9 Å². The zero-order valence-corrected chi connectivity index (χ0v) is 11.7. The van der Waals surface area contributed by atoms with Crippen LogP contribution in [0.2, 0.25) is 0 Å². The molecule has 1 fully saturated rings. The van der Waals surface area contributed by atoms with Crippen molar-refractivity contribution in [1.82, 2.24) is 10.6 Å². The maximum atomic E-state index is 12.9. The van der Waals surface area contributed by atoms with E-state index < -0.39 is 0 Å². The summed E-state index contributed by atoms with van der Waals surface area (Å²) in [7, 11) is 1.57. The van der Waals surface area contributed by atoms with Gasteiger partial charge in [-0.05, 0) is 43.0 Å². The molecule has 1 aromatic rings. The molecule has 0 saturated heterocycles. The Hall–Kier alpha value is -1.46. The maximum absolute atomic E-state index is 12.9. The van der Waals surface area contributed by atoms with E-state index in [1.54, 1.807) is 19.2 Å². The van der Waals surface area contributed by atoms with Crippen molar-refractivity contribution in [3.05, 3.63) is 35.6 Å². The minimum atomic E-state index is -0.281. The van der Waals surface area contributed by atoms with E-state index in [9.17, 15) is 9.18 Å². The van der Waals surface area contributed by atoms with E-state index in [2.05, 4.69) is 10.6 Å². The van der Waals surface area contributed by atoms with E-state index in [0.717, 1.165) is 18.0 Å². The van der Waals surface area contributed by atoms with Crippen molar-refractivity contribution in [3.8, 4) is 0 Å². The number of benzene rings is 1. The van der Waals surface area contributed by atoms with Gasteiger partial charge in [0.05, 0.1) is 12.6 Å². The lowest BCUT2D eigenvalue weighted by molar-refractivity contribution is -0.120. The largest absolute Gasteiger partial charge is 0.375 e. The molecule has 4 nitrogen and oxygen atoms in total. The highest BCUT2D eigenvalue weighted by Crippen LogP contribution is 2.27. The second-order valence-corrected chi connectivity index (χ2v) is 5.15. The summed E-state index contributed by atoms with van der Waals surface area (Å²) < 4.78 is 18.2. The van der Waals surface area contributed by atoms with Gasteiger partial charge in [-0.15, -0.1) is 0 Å². The van der Waals surface area contributed by atoms with Crippen molar-refractivity contribution in [3.63, 3.8) is 0 Å². The molecule has 0 aromatic heterocycles. The molecule has 1 saturated carbocycles. The lowest BCUT2D eigenvalue weighted by Gasteiger charge is -2.16. The third kappa shape index (κ3) is 4.90. The van der Waals surface area contributed by atoms with Crippen LogP contribution >= 0.6 is 0 Å². The first-order chi connectivity index (χ1) is 9.69. The summed E-state index contributed by atoms with van der Waals surface area (Å²) in [5, 5.41) is 5.95. The van der Waals surface area contributed by atoms with Crippen molar-refractivity contribution < 1.29 is 13.9 Å². The van der Waals surface area contributed by atoms with Crippen molar-refractivity contribution in [2.24, 2.45) is 5.92 Å². The van der Waals surface area contributed by atoms with Crippen LogP contribution in [-0.4, -0.2) is 32.7 Å². The predicted molar refractivity (Wildman–Crippen MR) is 74.8 cm³/mol. The Balaban J connectivity index is 1.71. The fraction of sp³-hybridized carbons (Fsp3) is 0.533. The third-order valence-corrected chi connectivity index (χ3v) is 3.43. The van der Waals surface area contributed by atoms with E-state index in [-0.39, 0.29) is 17.8 Å². The van der Waals surface area contributed by atoms with Crippen LogP contribution in [0.4, 0.5) is 4.39 Å². The molecule has 1 aliphatic rings. The Morgan fingerprint density at radius 2 is 2.10 bits per heavy atom. The Labute approximate surface area is 118 Å². The minimum Gasteiger partial charge on any atom is -0.375 e. The molecule has 110 valence electrons. The zero-order chi connectivity index (χ0) is 14.4. The van der Waals surface area contributed by atoms with Crippen molar-refractivity contribution >= 4 is 5.91 Å². The number of hydrogen-bond donors (Lipinski definition) is 2. The van der Waals surface area contributed by atoms with Crippen molar-refractivity contribution in [2.75, 3.05) is 26.7 Å². The molecular formula is C15H21FN2O2. The van der Waals surface area contributed by atoms with E-state index >= 15 is 0 Å². The molecule has 0 aliphatic heterocycles. The van der Waals surface area contributed by atoms with Gasteiger partial charge in [0.25, 0.3) is 0 Å². The first kappa shape index (κ1) is 14.9. The van der Waals surface area contributed by atoms with E-state index in [0.29, 0.717) is 13.1 Å². The summed E-state index contributed by atoms with van der Waals surface area (Å²) in [5.41, 5.74) is 0.847. The van der Waals surface area contributed by atoms with Gasteiger partial charge in [0.1, 0.15) is 5.82 Å². The van der Waals surface area contributed by atoms with Gasteiger partial charge in [0.15, 0.2) is 0 Å². The molecule has 0 radical (unpaired) electrons. The highest BCUT2D eigenvalue weighted by atomic mass is 19.1. The third-order valence-electron chi connectivity index (χ3n) is 3.43. The monoisotopic (exact) mass is 280 g/mol. The molecule has 1 aromatic carbocycles. The van der Waals surface area contributed by atoms with Crippen LogP contribution < -0.4 is 10.6 Å². The molecule has 1 amide bonds. The lowest BCUT2D eigenvalue weighted by atomic mass is 10.1.